The summed E-state index contributed by atoms with van der Waals surface area (Å²) in [5.74, 6) is -0.526. The van der Waals surface area contributed by atoms with Crippen LogP contribution >= 0.6 is 15.9 Å². The van der Waals surface area contributed by atoms with E-state index < -0.39 is 0 Å². The number of carbonyl (C=O) groups excluding carboxylic acids is 1. The molecule has 0 saturated carbocycles. The number of rotatable bonds is 5. The highest BCUT2D eigenvalue weighted by molar-refractivity contribution is 9.10. The molecule has 2 rings (SSSR count). The van der Waals surface area contributed by atoms with Gasteiger partial charge in [-0.15, -0.1) is 0 Å². The Morgan fingerprint density at radius 3 is 2.23 bits per heavy atom. The summed E-state index contributed by atoms with van der Waals surface area (Å²) in [6.07, 6.45) is 0. The van der Waals surface area contributed by atoms with Gasteiger partial charge >= 0.3 is 5.97 Å². The molecule has 0 radical (unpaired) electrons. The second-order valence-electron chi connectivity index (χ2n) is 5.82. The van der Waals surface area contributed by atoms with Gasteiger partial charge in [-0.25, -0.2) is 0 Å². The number of esters is 1. The van der Waals surface area contributed by atoms with E-state index in [1.807, 2.05) is 49.4 Å². The molecule has 2 aromatic carbocycles. The first-order valence-corrected chi connectivity index (χ1v) is 8.23. The Kier molecular flexibility index (Phi) is 5.41. The quantitative estimate of drug-likeness (QED) is 0.695. The van der Waals surface area contributed by atoms with Crippen LogP contribution in [0.25, 0.3) is 0 Å². The molecule has 0 aromatic heterocycles. The molecule has 0 aliphatic rings. The number of halogens is 1. The molecule has 0 unspecified atom stereocenters. The Balaban J connectivity index is 2.48. The standard InChI is InChI=1S/C19H21BrO2/c1-4-22-18(21)17(14-10-12-16(20)13-11-14)19(2,3)15-8-6-5-7-9-15/h5-13,17H,4H2,1-3H3/t17-/m1/s1. The van der Waals surface area contributed by atoms with Gasteiger partial charge in [-0.1, -0.05) is 72.2 Å². The van der Waals surface area contributed by atoms with Crippen molar-refractivity contribution in [3.05, 3.63) is 70.2 Å². The molecule has 22 heavy (non-hydrogen) atoms. The lowest BCUT2D eigenvalue weighted by Crippen LogP contribution is -2.34. The summed E-state index contributed by atoms with van der Waals surface area (Å²) in [6, 6.07) is 18.0. The van der Waals surface area contributed by atoms with E-state index in [1.54, 1.807) is 0 Å². The van der Waals surface area contributed by atoms with Crippen molar-refractivity contribution in [1.82, 2.24) is 0 Å². The van der Waals surface area contributed by atoms with Gasteiger partial charge in [-0.3, -0.25) is 4.79 Å². The first kappa shape index (κ1) is 16.8. The molecule has 0 aliphatic carbocycles. The molecule has 1 atom stereocenters. The van der Waals surface area contributed by atoms with Gasteiger partial charge in [0.1, 0.15) is 0 Å². The SMILES string of the molecule is CCOC(=O)[C@@H](c1ccc(Br)cc1)C(C)(C)c1ccccc1. The zero-order chi connectivity index (χ0) is 16.2. The molecule has 0 bridgehead atoms. The first-order chi connectivity index (χ1) is 10.5. The minimum absolute atomic E-state index is 0.182. The molecule has 0 amide bonds. The van der Waals surface area contributed by atoms with Crippen LogP contribution in [0, 0.1) is 0 Å². The molecule has 2 aromatic rings. The maximum Gasteiger partial charge on any atom is 0.314 e. The van der Waals surface area contributed by atoms with Crippen molar-refractivity contribution in [2.24, 2.45) is 0 Å². The molecular formula is C19H21BrO2. The van der Waals surface area contributed by atoms with Crippen LogP contribution < -0.4 is 0 Å². The van der Waals surface area contributed by atoms with Gasteiger partial charge in [0.25, 0.3) is 0 Å². The minimum atomic E-state index is -0.360. The van der Waals surface area contributed by atoms with Crippen molar-refractivity contribution in [1.29, 1.82) is 0 Å². The second-order valence-corrected chi connectivity index (χ2v) is 6.74. The topological polar surface area (TPSA) is 26.3 Å². The van der Waals surface area contributed by atoms with E-state index in [4.69, 9.17) is 4.74 Å². The lowest BCUT2D eigenvalue weighted by molar-refractivity contribution is -0.146. The number of ether oxygens (including phenoxy) is 1. The summed E-state index contributed by atoms with van der Waals surface area (Å²) >= 11 is 3.44. The fourth-order valence-corrected chi connectivity index (χ4v) is 3.03. The van der Waals surface area contributed by atoms with E-state index >= 15 is 0 Å². The van der Waals surface area contributed by atoms with Gasteiger partial charge in [-0.05, 0) is 30.2 Å². The fraction of sp³-hybridized carbons (Fsp3) is 0.316. The van der Waals surface area contributed by atoms with Crippen LogP contribution in [0.5, 0.6) is 0 Å². The third-order valence-corrected chi connectivity index (χ3v) is 4.49. The summed E-state index contributed by atoms with van der Waals surface area (Å²) in [7, 11) is 0. The third kappa shape index (κ3) is 3.58. The third-order valence-electron chi connectivity index (χ3n) is 3.97. The van der Waals surface area contributed by atoms with Crippen molar-refractivity contribution < 1.29 is 9.53 Å². The first-order valence-electron chi connectivity index (χ1n) is 7.44. The van der Waals surface area contributed by atoms with E-state index in [0.717, 1.165) is 15.6 Å². The lowest BCUT2D eigenvalue weighted by atomic mass is 9.70. The van der Waals surface area contributed by atoms with Gasteiger partial charge in [0.15, 0.2) is 0 Å². The van der Waals surface area contributed by atoms with E-state index in [-0.39, 0.29) is 17.3 Å². The van der Waals surface area contributed by atoms with Crippen LogP contribution in [0.4, 0.5) is 0 Å². The Morgan fingerprint density at radius 1 is 1.09 bits per heavy atom. The average molecular weight is 361 g/mol. The van der Waals surface area contributed by atoms with Gasteiger partial charge < -0.3 is 4.74 Å². The second kappa shape index (κ2) is 7.10. The van der Waals surface area contributed by atoms with Crippen LogP contribution in [0.2, 0.25) is 0 Å². The Bertz CT molecular complexity index is 618. The Labute approximate surface area is 140 Å². The number of hydrogen-bond acceptors (Lipinski definition) is 2. The van der Waals surface area contributed by atoms with E-state index in [1.165, 1.54) is 0 Å². The maximum absolute atomic E-state index is 12.6. The Morgan fingerprint density at radius 2 is 1.68 bits per heavy atom. The van der Waals surface area contributed by atoms with Gasteiger partial charge in [0.05, 0.1) is 12.5 Å². The number of hydrogen-bond donors (Lipinski definition) is 0. The summed E-state index contributed by atoms with van der Waals surface area (Å²) < 4.78 is 6.34. The number of benzene rings is 2. The summed E-state index contributed by atoms with van der Waals surface area (Å²) in [5.41, 5.74) is 1.73. The monoisotopic (exact) mass is 360 g/mol. The average Bonchev–Trinajstić information content (AvgIpc) is 2.50. The van der Waals surface area contributed by atoms with Crippen LogP contribution in [0.1, 0.15) is 37.8 Å². The van der Waals surface area contributed by atoms with Crippen LogP contribution in [0.3, 0.4) is 0 Å². The zero-order valence-electron chi connectivity index (χ0n) is 13.2. The van der Waals surface area contributed by atoms with E-state index in [2.05, 4.69) is 41.9 Å². The maximum atomic E-state index is 12.6. The fourth-order valence-electron chi connectivity index (χ4n) is 2.76. The molecule has 0 spiro atoms. The van der Waals surface area contributed by atoms with Crippen LogP contribution in [-0.2, 0) is 14.9 Å². The normalized spacial score (nSPS) is 12.7. The highest BCUT2D eigenvalue weighted by atomic mass is 79.9. The molecule has 2 nitrogen and oxygen atoms in total. The van der Waals surface area contributed by atoms with E-state index in [9.17, 15) is 4.79 Å². The largest absolute Gasteiger partial charge is 0.465 e. The van der Waals surface area contributed by atoms with Crippen molar-refractivity contribution in [2.45, 2.75) is 32.1 Å². The Hall–Kier alpha value is -1.61. The zero-order valence-corrected chi connectivity index (χ0v) is 14.8. The molecular weight excluding hydrogens is 340 g/mol. The van der Waals surface area contributed by atoms with Crippen LogP contribution in [-0.4, -0.2) is 12.6 Å². The van der Waals surface area contributed by atoms with Gasteiger partial charge in [0.2, 0.25) is 0 Å². The van der Waals surface area contributed by atoms with Crippen molar-refractivity contribution >= 4 is 21.9 Å². The number of carbonyl (C=O) groups is 1. The molecule has 0 aliphatic heterocycles. The minimum Gasteiger partial charge on any atom is -0.465 e. The highest BCUT2D eigenvalue weighted by Crippen LogP contribution is 2.39. The smallest absolute Gasteiger partial charge is 0.314 e. The van der Waals surface area contributed by atoms with Gasteiger partial charge in [-0.2, -0.15) is 0 Å². The predicted octanol–water partition coefficient (Wildman–Crippen LogP) is 5.07. The van der Waals surface area contributed by atoms with Crippen molar-refractivity contribution in [3.63, 3.8) is 0 Å². The van der Waals surface area contributed by atoms with Crippen LogP contribution in [0.15, 0.2) is 59.1 Å². The molecule has 3 heteroatoms. The predicted molar refractivity (Wildman–Crippen MR) is 93.0 cm³/mol. The lowest BCUT2D eigenvalue weighted by Gasteiger charge is -2.33. The van der Waals surface area contributed by atoms with E-state index in [0.29, 0.717) is 6.61 Å². The molecule has 0 saturated heterocycles. The van der Waals surface area contributed by atoms with Crippen molar-refractivity contribution in [3.8, 4) is 0 Å². The highest BCUT2D eigenvalue weighted by Gasteiger charge is 2.38. The van der Waals surface area contributed by atoms with Crippen molar-refractivity contribution in [2.75, 3.05) is 6.61 Å². The summed E-state index contributed by atoms with van der Waals surface area (Å²) in [5, 5.41) is 0. The van der Waals surface area contributed by atoms with Gasteiger partial charge in [0, 0.05) is 9.89 Å². The molecule has 0 fully saturated rings. The molecule has 116 valence electrons. The molecule has 0 N–H and O–H groups in total. The summed E-state index contributed by atoms with van der Waals surface area (Å²) in [4.78, 5) is 12.6. The summed E-state index contributed by atoms with van der Waals surface area (Å²) in [6.45, 7) is 6.40. The molecule has 0 heterocycles.